The molecule has 2 N–H and O–H groups in total. The monoisotopic (exact) mass is 276 g/mol. The van der Waals surface area contributed by atoms with Crippen molar-refractivity contribution < 1.29 is 9.53 Å². The average molecular weight is 276 g/mol. The zero-order chi connectivity index (χ0) is 14.9. The Labute approximate surface area is 120 Å². The average Bonchev–Trinajstić information content (AvgIpc) is 2.35. The number of nitrogens with zero attached hydrogens (tertiary/aromatic N) is 1. The van der Waals surface area contributed by atoms with Crippen molar-refractivity contribution in [1.82, 2.24) is 0 Å². The molecule has 0 aliphatic carbocycles. The van der Waals surface area contributed by atoms with Crippen molar-refractivity contribution in [1.29, 1.82) is 0 Å². The number of hydrogen-bond acceptors (Lipinski definition) is 3. The van der Waals surface area contributed by atoms with Gasteiger partial charge in [-0.3, -0.25) is 4.90 Å². The highest BCUT2D eigenvalue weighted by Crippen LogP contribution is 2.32. The first-order valence-corrected chi connectivity index (χ1v) is 7.15. The van der Waals surface area contributed by atoms with Crippen LogP contribution in [0.25, 0.3) is 0 Å². The second-order valence-corrected chi connectivity index (χ2v) is 6.44. The van der Waals surface area contributed by atoms with Crippen LogP contribution in [0.3, 0.4) is 0 Å². The Hall–Kier alpha value is -1.55. The molecule has 0 saturated carbocycles. The van der Waals surface area contributed by atoms with Crippen LogP contribution in [0.5, 0.6) is 0 Å². The predicted octanol–water partition coefficient (Wildman–Crippen LogP) is 3.09. The van der Waals surface area contributed by atoms with E-state index in [-0.39, 0.29) is 18.2 Å². The van der Waals surface area contributed by atoms with E-state index in [1.54, 1.807) is 4.90 Å². The van der Waals surface area contributed by atoms with Gasteiger partial charge in [-0.2, -0.15) is 0 Å². The van der Waals surface area contributed by atoms with Crippen LogP contribution in [0.2, 0.25) is 0 Å². The first-order chi connectivity index (χ1) is 9.29. The molecule has 4 heteroatoms. The van der Waals surface area contributed by atoms with Crippen LogP contribution >= 0.6 is 0 Å². The fraction of sp³-hybridized carbons (Fsp3) is 0.562. The van der Waals surface area contributed by atoms with Crippen LogP contribution in [0.15, 0.2) is 24.3 Å². The third kappa shape index (κ3) is 3.12. The van der Waals surface area contributed by atoms with Gasteiger partial charge in [-0.05, 0) is 52.2 Å². The second-order valence-electron chi connectivity index (χ2n) is 6.44. The smallest absolute Gasteiger partial charge is 0.415 e. The number of ether oxygens (including phenoxy) is 1. The van der Waals surface area contributed by atoms with E-state index in [1.807, 2.05) is 45.9 Å². The summed E-state index contributed by atoms with van der Waals surface area (Å²) < 4.78 is 5.55. The molecule has 1 heterocycles. The van der Waals surface area contributed by atoms with E-state index in [0.29, 0.717) is 0 Å². The fourth-order valence-corrected chi connectivity index (χ4v) is 2.61. The molecule has 0 bridgehead atoms. The van der Waals surface area contributed by atoms with Gasteiger partial charge in [0, 0.05) is 6.04 Å². The molecule has 2 unspecified atom stereocenters. The Kier molecular flexibility index (Phi) is 4.04. The van der Waals surface area contributed by atoms with Crippen LogP contribution in [0.1, 0.15) is 39.7 Å². The highest BCUT2D eigenvalue weighted by atomic mass is 16.6. The molecule has 0 saturated heterocycles. The largest absolute Gasteiger partial charge is 0.443 e. The lowest BCUT2D eigenvalue weighted by molar-refractivity contribution is 0.0556. The van der Waals surface area contributed by atoms with Gasteiger partial charge in [0.05, 0.1) is 11.7 Å². The van der Waals surface area contributed by atoms with Gasteiger partial charge in [-0.1, -0.05) is 18.2 Å². The highest BCUT2D eigenvalue weighted by molar-refractivity contribution is 5.90. The number of benzene rings is 1. The molecule has 1 aliphatic heterocycles. The maximum atomic E-state index is 12.5. The van der Waals surface area contributed by atoms with E-state index in [0.717, 1.165) is 18.5 Å². The number of hydrogen-bond donors (Lipinski definition) is 1. The van der Waals surface area contributed by atoms with Crippen molar-refractivity contribution in [2.24, 2.45) is 5.73 Å². The first kappa shape index (κ1) is 14.9. The third-order valence-electron chi connectivity index (χ3n) is 3.49. The van der Waals surface area contributed by atoms with Crippen LogP contribution in [0.4, 0.5) is 10.5 Å². The minimum absolute atomic E-state index is 0.0141. The Morgan fingerprint density at radius 1 is 1.40 bits per heavy atom. The molecule has 2 rings (SSSR count). The lowest BCUT2D eigenvalue weighted by atomic mass is 9.92. The van der Waals surface area contributed by atoms with Crippen molar-refractivity contribution in [2.75, 3.05) is 4.90 Å². The van der Waals surface area contributed by atoms with Crippen LogP contribution in [-0.4, -0.2) is 23.8 Å². The van der Waals surface area contributed by atoms with Gasteiger partial charge in [0.2, 0.25) is 0 Å². The lowest BCUT2D eigenvalue weighted by Gasteiger charge is -2.39. The summed E-state index contributed by atoms with van der Waals surface area (Å²) in [4.78, 5) is 14.3. The van der Waals surface area contributed by atoms with Gasteiger partial charge < -0.3 is 10.5 Å². The van der Waals surface area contributed by atoms with E-state index in [4.69, 9.17) is 10.5 Å². The quantitative estimate of drug-likeness (QED) is 0.857. The maximum Gasteiger partial charge on any atom is 0.415 e. The molecule has 0 radical (unpaired) electrons. The number of amides is 1. The summed E-state index contributed by atoms with van der Waals surface area (Å²) in [6, 6.07) is 7.87. The van der Waals surface area contributed by atoms with E-state index in [1.165, 1.54) is 5.56 Å². The van der Waals surface area contributed by atoms with Crippen LogP contribution in [0, 0.1) is 0 Å². The van der Waals surface area contributed by atoms with Gasteiger partial charge in [0.25, 0.3) is 0 Å². The van der Waals surface area contributed by atoms with E-state index in [9.17, 15) is 4.79 Å². The number of fused-ring (bicyclic) bond motifs is 1. The third-order valence-corrected chi connectivity index (χ3v) is 3.49. The number of anilines is 1. The highest BCUT2D eigenvalue weighted by Gasteiger charge is 2.35. The molecule has 0 aromatic heterocycles. The van der Waals surface area contributed by atoms with Crippen molar-refractivity contribution in [3.8, 4) is 0 Å². The number of aryl methyl sites for hydroxylation is 1. The van der Waals surface area contributed by atoms with Gasteiger partial charge in [0.1, 0.15) is 5.60 Å². The molecular formula is C16H24N2O2. The van der Waals surface area contributed by atoms with Crippen molar-refractivity contribution in [3.63, 3.8) is 0 Å². The van der Waals surface area contributed by atoms with E-state index < -0.39 is 5.60 Å². The minimum Gasteiger partial charge on any atom is -0.443 e. The summed E-state index contributed by atoms with van der Waals surface area (Å²) in [5, 5.41) is 0. The predicted molar refractivity (Wildman–Crippen MR) is 80.9 cm³/mol. The maximum absolute atomic E-state index is 12.5. The topological polar surface area (TPSA) is 55.6 Å². The zero-order valence-electron chi connectivity index (χ0n) is 12.7. The van der Waals surface area contributed by atoms with Crippen molar-refractivity contribution in [2.45, 2.75) is 58.2 Å². The summed E-state index contributed by atoms with van der Waals surface area (Å²) in [5.74, 6) is 0. The van der Waals surface area contributed by atoms with Gasteiger partial charge >= 0.3 is 6.09 Å². The molecule has 1 aromatic rings. The van der Waals surface area contributed by atoms with Gasteiger partial charge in [-0.25, -0.2) is 4.79 Å². The molecule has 4 nitrogen and oxygen atoms in total. The van der Waals surface area contributed by atoms with Gasteiger partial charge in [0.15, 0.2) is 0 Å². The van der Waals surface area contributed by atoms with Crippen molar-refractivity contribution in [3.05, 3.63) is 29.8 Å². The second kappa shape index (κ2) is 5.44. The normalized spacial score (nSPS) is 20.2. The number of rotatable bonds is 1. The molecule has 1 aliphatic rings. The minimum atomic E-state index is -0.508. The Morgan fingerprint density at radius 2 is 2.05 bits per heavy atom. The molecule has 0 spiro atoms. The first-order valence-electron chi connectivity index (χ1n) is 7.15. The molecule has 2 atom stereocenters. The van der Waals surface area contributed by atoms with E-state index >= 15 is 0 Å². The fourth-order valence-electron chi connectivity index (χ4n) is 2.61. The standard InChI is InChI=1S/C16H24N2O2/c1-11(17)13-10-9-12-7-5-6-8-14(12)18(13)15(19)20-16(2,3)4/h5-8,11,13H,9-10,17H2,1-4H3. The molecule has 0 fully saturated rings. The number of para-hydroxylation sites is 1. The van der Waals surface area contributed by atoms with E-state index in [2.05, 4.69) is 6.07 Å². The number of carbonyl (C=O) groups excluding carboxylic acids is 1. The molecule has 1 aromatic carbocycles. The Bertz CT molecular complexity index is 491. The summed E-state index contributed by atoms with van der Waals surface area (Å²) in [7, 11) is 0. The van der Waals surface area contributed by atoms with Crippen LogP contribution in [-0.2, 0) is 11.2 Å². The molecular weight excluding hydrogens is 252 g/mol. The molecule has 1 amide bonds. The van der Waals surface area contributed by atoms with Crippen LogP contribution < -0.4 is 10.6 Å². The summed E-state index contributed by atoms with van der Waals surface area (Å²) in [6.07, 6.45) is 1.50. The Morgan fingerprint density at radius 3 is 2.65 bits per heavy atom. The molecule has 20 heavy (non-hydrogen) atoms. The number of carbonyl (C=O) groups is 1. The number of nitrogens with two attached hydrogens (primary N) is 1. The van der Waals surface area contributed by atoms with Crippen molar-refractivity contribution >= 4 is 11.8 Å². The SMILES string of the molecule is CC(N)C1CCc2ccccc2N1C(=O)OC(C)(C)C. The summed E-state index contributed by atoms with van der Waals surface area (Å²) in [6.45, 7) is 7.57. The molecule has 110 valence electrons. The summed E-state index contributed by atoms with van der Waals surface area (Å²) in [5.41, 5.74) is 7.66. The lowest BCUT2D eigenvalue weighted by Crippen LogP contribution is -2.53. The van der Waals surface area contributed by atoms with Gasteiger partial charge in [-0.15, -0.1) is 0 Å². The Balaban J connectivity index is 2.36. The zero-order valence-corrected chi connectivity index (χ0v) is 12.7. The summed E-state index contributed by atoms with van der Waals surface area (Å²) >= 11 is 0.